The van der Waals surface area contributed by atoms with Gasteiger partial charge in [-0.25, -0.2) is 4.79 Å². The number of likely N-dealkylation sites (tertiary alicyclic amines) is 1. The lowest BCUT2D eigenvalue weighted by molar-refractivity contribution is 0.0388. The molecule has 7 heteroatoms. The molecule has 1 aromatic rings. The minimum atomic E-state index is 0.157. The third-order valence-corrected chi connectivity index (χ3v) is 5.29. The Balaban J connectivity index is 1.20. The van der Waals surface area contributed by atoms with Crippen molar-refractivity contribution in [1.82, 2.24) is 20.0 Å². The molecule has 1 saturated carbocycles. The van der Waals surface area contributed by atoms with E-state index in [9.17, 15) is 4.79 Å². The van der Waals surface area contributed by atoms with E-state index >= 15 is 0 Å². The van der Waals surface area contributed by atoms with E-state index in [0.29, 0.717) is 50.6 Å². The van der Waals surface area contributed by atoms with Crippen LogP contribution in [-0.2, 0) is 4.74 Å². The molecule has 2 amide bonds. The average Bonchev–Trinajstić information content (AvgIpc) is 3.53. The molecule has 0 spiro atoms. The zero-order chi connectivity index (χ0) is 17.1. The fourth-order valence-electron chi connectivity index (χ4n) is 3.45. The van der Waals surface area contributed by atoms with Crippen molar-refractivity contribution in [2.45, 2.75) is 31.6 Å². The molecule has 7 nitrogen and oxygen atoms in total. The van der Waals surface area contributed by atoms with Crippen LogP contribution in [0, 0.1) is 5.92 Å². The molecular formula is C18H26N4O3. The lowest BCUT2D eigenvalue weighted by Crippen LogP contribution is -2.50. The number of hydrogen-bond donors (Lipinski definition) is 0. The van der Waals surface area contributed by atoms with Crippen LogP contribution in [0.3, 0.4) is 0 Å². The first-order valence-electron chi connectivity index (χ1n) is 9.37. The maximum atomic E-state index is 12.5. The summed E-state index contributed by atoms with van der Waals surface area (Å²) in [4.78, 5) is 16.3. The molecule has 0 aromatic carbocycles. The van der Waals surface area contributed by atoms with Gasteiger partial charge in [-0.05, 0) is 37.7 Å². The SMILES string of the molecule is O=C(N1CCOCC1)N1CCC(COc2ccc(C3CC3)nn2)CC1. The van der Waals surface area contributed by atoms with Gasteiger partial charge in [0.05, 0.1) is 25.5 Å². The van der Waals surface area contributed by atoms with Crippen LogP contribution < -0.4 is 4.74 Å². The maximum absolute atomic E-state index is 12.5. The van der Waals surface area contributed by atoms with Gasteiger partial charge in [-0.2, -0.15) is 5.10 Å². The van der Waals surface area contributed by atoms with E-state index in [1.807, 2.05) is 21.9 Å². The molecular weight excluding hydrogens is 320 g/mol. The highest BCUT2D eigenvalue weighted by Crippen LogP contribution is 2.38. The number of carbonyl (C=O) groups excluding carboxylic acids is 1. The van der Waals surface area contributed by atoms with Gasteiger partial charge in [-0.15, -0.1) is 5.10 Å². The van der Waals surface area contributed by atoms with Gasteiger partial charge in [0.2, 0.25) is 5.88 Å². The first-order chi connectivity index (χ1) is 12.3. The van der Waals surface area contributed by atoms with E-state index in [1.165, 1.54) is 12.8 Å². The van der Waals surface area contributed by atoms with Crippen molar-refractivity contribution >= 4 is 6.03 Å². The van der Waals surface area contributed by atoms with Crippen LogP contribution in [0.15, 0.2) is 12.1 Å². The van der Waals surface area contributed by atoms with Crippen LogP contribution in [0.1, 0.15) is 37.3 Å². The second-order valence-corrected chi connectivity index (χ2v) is 7.19. The van der Waals surface area contributed by atoms with Crippen LogP contribution in [0.4, 0.5) is 4.79 Å². The molecule has 3 aliphatic rings. The zero-order valence-corrected chi connectivity index (χ0v) is 14.6. The molecule has 0 bridgehead atoms. The number of morpholine rings is 1. The second-order valence-electron chi connectivity index (χ2n) is 7.19. The number of carbonyl (C=O) groups is 1. The normalized spacial score (nSPS) is 22.1. The van der Waals surface area contributed by atoms with Gasteiger partial charge >= 0.3 is 6.03 Å². The van der Waals surface area contributed by atoms with Gasteiger partial charge < -0.3 is 19.3 Å². The third-order valence-electron chi connectivity index (χ3n) is 5.29. The Morgan fingerprint density at radius 1 is 1.04 bits per heavy atom. The van der Waals surface area contributed by atoms with Crippen LogP contribution in [0.5, 0.6) is 5.88 Å². The van der Waals surface area contributed by atoms with Gasteiger partial charge in [-0.1, -0.05) is 0 Å². The van der Waals surface area contributed by atoms with Crippen LogP contribution in [-0.4, -0.2) is 72.0 Å². The van der Waals surface area contributed by atoms with Gasteiger partial charge in [0.15, 0.2) is 0 Å². The smallest absolute Gasteiger partial charge is 0.320 e. The summed E-state index contributed by atoms with van der Waals surface area (Å²) in [6.07, 6.45) is 4.42. The Morgan fingerprint density at radius 3 is 2.40 bits per heavy atom. The number of piperidine rings is 1. The molecule has 0 radical (unpaired) electrons. The Bertz CT molecular complexity index is 576. The topological polar surface area (TPSA) is 67.8 Å². The Kier molecular flexibility index (Phi) is 5.01. The van der Waals surface area contributed by atoms with Gasteiger partial charge in [0.1, 0.15) is 0 Å². The summed E-state index contributed by atoms with van der Waals surface area (Å²) in [6.45, 7) is 4.96. The van der Waals surface area contributed by atoms with Crippen LogP contribution >= 0.6 is 0 Å². The molecule has 4 rings (SSSR count). The Hall–Kier alpha value is -1.89. The van der Waals surface area contributed by atoms with Gasteiger partial charge in [0.25, 0.3) is 0 Å². The summed E-state index contributed by atoms with van der Waals surface area (Å²) < 4.78 is 11.1. The number of aromatic nitrogens is 2. The number of nitrogens with zero attached hydrogens (tertiary/aromatic N) is 4. The van der Waals surface area contributed by atoms with E-state index in [1.54, 1.807) is 0 Å². The summed E-state index contributed by atoms with van der Waals surface area (Å²) in [7, 11) is 0. The number of hydrogen-bond acceptors (Lipinski definition) is 5. The first-order valence-corrected chi connectivity index (χ1v) is 9.37. The van der Waals surface area contributed by atoms with Gasteiger partial charge in [0, 0.05) is 38.2 Å². The highest BCUT2D eigenvalue weighted by Gasteiger charge is 2.28. The maximum Gasteiger partial charge on any atom is 0.320 e. The predicted molar refractivity (Wildman–Crippen MR) is 91.6 cm³/mol. The van der Waals surface area contributed by atoms with Crippen LogP contribution in [0.25, 0.3) is 0 Å². The molecule has 1 aromatic heterocycles. The number of rotatable bonds is 4. The van der Waals surface area contributed by atoms with Crippen molar-refractivity contribution in [3.8, 4) is 5.88 Å². The van der Waals surface area contributed by atoms with Crippen molar-refractivity contribution in [3.05, 3.63) is 17.8 Å². The average molecular weight is 346 g/mol. The minimum absolute atomic E-state index is 0.157. The highest BCUT2D eigenvalue weighted by molar-refractivity contribution is 5.74. The number of urea groups is 1. The fraction of sp³-hybridized carbons (Fsp3) is 0.722. The quantitative estimate of drug-likeness (QED) is 0.833. The second kappa shape index (κ2) is 7.56. The lowest BCUT2D eigenvalue weighted by Gasteiger charge is -2.36. The molecule has 3 fully saturated rings. The molecule has 25 heavy (non-hydrogen) atoms. The predicted octanol–water partition coefficient (Wildman–Crippen LogP) is 1.90. The summed E-state index contributed by atoms with van der Waals surface area (Å²) >= 11 is 0. The Morgan fingerprint density at radius 2 is 1.76 bits per heavy atom. The van der Waals surface area contributed by atoms with Crippen LogP contribution in [0.2, 0.25) is 0 Å². The molecule has 0 atom stereocenters. The summed E-state index contributed by atoms with van der Waals surface area (Å²) in [6, 6.07) is 4.12. The van der Waals surface area contributed by atoms with Gasteiger partial charge in [-0.3, -0.25) is 0 Å². The van der Waals surface area contributed by atoms with E-state index in [-0.39, 0.29) is 6.03 Å². The first kappa shape index (κ1) is 16.6. The highest BCUT2D eigenvalue weighted by atomic mass is 16.5. The van der Waals surface area contributed by atoms with E-state index in [0.717, 1.165) is 31.6 Å². The van der Waals surface area contributed by atoms with E-state index in [2.05, 4.69) is 10.2 Å². The number of ether oxygens (including phenoxy) is 2. The zero-order valence-electron chi connectivity index (χ0n) is 14.6. The fourth-order valence-corrected chi connectivity index (χ4v) is 3.45. The summed E-state index contributed by atoms with van der Waals surface area (Å²) in [5.41, 5.74) is 1.09. The Labute approximate surface area is 148 Å². The monoisotopic (exact) mass is 346 g/mol. The standard InChI is InChI=1S/C18H26N4O3/c23-18(22-9-11-24-12-10-22)21-7-5-14(6-8-21)13-25-17-4-3-16(19-20-17)15-1-2-15/h3-4,14-15H,1-2,5-13H2. The number of amides is 2. The minimum Gasteiger partial charge on any atom is -0.476 e. The largest absolute Gasteiger partial charge is 0.476 e. The van der Waals surface area contributed by atoms with Crippen molar-refractivity contribution < 1.29 is 14.3 Å². The molecule has 2 aliphatic heterocycles. The molecule has 2 saturated heterocycles. The molecule has 1 aliphatic carbocycles. The van der Waals surface area contributed by atoms with Crippen molar-refractivity contribution in [2.75, 3.05) is 46.0 Å². The van der Waals surface area contributed by atoms with E-state index < -0.39 is 0 Å². The van der Waals surface area contributed by atoms with E-state index in [4.69, 9.17) is 9.47 Å². The van der Waals surface area contributed by atoms with Crippen molar-refractivity contribution in [2.24, 2.45) is 5.92 Å². The molecule has 0 N–H and O–H groups in total. The lowest BCUT2D eigenvalue weighted by atomic mass is 9.98. The molecule has 136 valence electrons. The summed E-state index contributed by atoms with van der Waals surface area (Å²) in [5, 5.41) is 8.42. The summed E-state index contributed by atoms with van der Waals surface area (Å²) in [5.74, 6) is 1.70. The van der Waals surface area contributed by atoms with Crippen molar-refractivity contribution in [1.29, 1.82) is 0 Å². The third kappa shape index (κ3) is 4.21. The van der Waals surface area contributed by atoms with Crippen molar-refractivity contribution in [3.63, 3.8) is 0 Å². The molecule has 3 heterocycles. The molecule has 0 unspecified atom stereocenters.